The zero-order valence-corrected chi connectivity index (χ0v) is 13.7. The molecule has 0 radical (unpaired) electrons. The zero-order chi connectivity index (χ0) is 15.8. The monoisotopic (exact) mass is 299 g/mol. The van der Waals surface area contributed by atoms with Crippen molar-refractivity contribution < 1.29 is 14.3 Å². The average Bonchev–Trinajstić information content (AvgIpc) is 2.50. The predicted octanol–water partition coefficient (Wildman–Crippen LogP) is 0.328. The number of carbonyl (C=O) groups excluding carboxylic acids is 2. The molecule has 1 aliphatic heterocycles. The third kappa shape index (κ3) is 5.63. The molecule has 1 aliphatic rings. The summed E-state index contributed by atoms with van der Waals surface area (Å²) in [5.41, 5.74) is 0. The summed E-state index contributed by atoms with van der Waals surface area (Å²) in [6.45, 7) is 4.04. The van der Waals surface area contributed by atoms with Gasteiger partial charge in [0.05, 0.1) is 19.2 Å². The maximum atomic E-state index is 12.7. The highest BCUT2D eigenvalue weighted by Gasteiger charge is 2.30. The van der Waals surface area contributed by atoms with Crippen molar-refractivity contribution in [1.82, 2.24) is 15.1 Å². The molecule has 0 aromatic rings. The maximum Gasteiger partial charge on any atom is 0.241 e. The number of nitrogens with one attached hydrogen (secondary N) is 1. The van der Waals surface area contributed by atoms with Crippen LogP contribution < -0.4 is 5.32 Å². The van der Waals surface area contributed by atoms with Crippen LogP contribution in [-0.4, -0.2) is 75.1 Å². The van der Waals surface area contributed by atoms with Crippen LogP contribution >= 0.6 is 0 Å². The largest absolute Gasteiger partial charge is 0.383 e. The number of likely N-dealkylation sites (N-methyl/N-ethyl adjacent to an activating group) is 1. The van der Waals surface area contributed by atoms with E-state index in [0.29, 0.717) is 19.1 Å². The summed E-state index contributed by atoms with van der Waals surface area (Å²) in [6.07, 6.45) is 3.07. The molecule has 2 atom stereocenters. The predicted molar refractivity (Wildman–Crippen MR) is 82.0 cm³/mol. The SMILES string of the molecule is CCC1CCNC(C(=O)N(CCOC)CC(=O)N(C)C)C1. The minimum absolute atomic E-state index is 0.0143. The second kappa shape index (κ2) is 9.00. The molecule has 6 heteroatoms. The molecular weight excluding hydrogens is 270 g/mol. The smallest absolute Gasteiger partial charge is 0.241 e. The maximum absolute atomic E-state index is 12.7. The Labute approximate surface area is 127 Å². The molecule has 0 spiro atoms. The van der Waals surface area contributed by atoms with Crippen LogP contribution in [0.4, 0.5) is 0 Å². The Hall–Kier alpha value is -1.14. The summed E-state index contributed by atoms with van der Waals surface area (Å²) in [7, 11) is 5.00. The minimum Gasteiger partial charge on any atom is -0.383 e. The van der Waals surface area contributed by atoms with E-state index >= 15 is 0 Å². The van der Waals surface area contributed by atoms with Crippen molar-refractivity contribution in [3.63, 3.8) is 0 Å². The number of hydrogen-bond donors (Lipinski definition) is 1. The van der Waals surface area contributed by atoms with Crippen molar-refractivity contribution in [3.8, 4) is 0 Å². The first kappa shape index (κ1) is 17.9. The third-order valence-electron chi connectivity index (χ3n) is 4.09. The van der Waals surface area contributed by atoms with E-state index in [-0.39, 0.29) is 24.4 Å². The number of ether oxygens (including phenoxy) is 1. The molecule has 122 valence electrons. The van der Waals surface area contributed by atoms with Gasteiger partial charge in [0, 0.05) is 27.7 Å². The summed E-state index contributed by atoms with van der Waals surface area (Å²) in [4.78, 5) is 27.7. The lowest BCUT2D eigenvalue weighted by Gasteiger charge is -2.33. The summed E-state index contributed by atoms with van der Waals surface area (Å²) in [6, 6.07) is -0.171. The topological polar surface area (TPSA) is 61.9 Å². The average molecular weight is 299 g/mol. The van der Waals surface area contributed by atoms with E-state index in [1.165, 1.54) is 4.90 Å². The fourth-order valence-electron chi connectivity index (χ4n) is 2.55. The van der Waals surface area contributed by atoms with E-state index in [1.54, 1.807) is 26.1 Å². The number of piperidine rings is 1. The third-order valence-corrected chi connectivity index (χ3v) is 4.09. The van der Waals surface area contributed by atoms with E-state index in [1.807, 2.05) is 0 Å². The Morgan fingerprint density at radius 2 is 2.05 bits per heavy atom. The van der Waals surface area contributed by atoms with Crippen molar-refractivity contribution in [3.05, 3.63) is 0 Å². The summed E-state index contributed by atoms with van der Waals surface area (Å²) in [5.74, 6) is 0.539. The molecule has 0 aromatic heterocycles. The van der Waals surface area contributed by atoms with Crippen LogP contribution in [0.3, 0.4) is 0 Å². The Balaban J connectivity index is 2.67. The van der Waals surface area contributed by atoms with Gasteiger partial charge in [-0.3, -0.25) is 9.59 Å². The van der Waals surface area contributed by atoms with Gasteiger partial charge < -0.3 is 19.9 Å². The lowest BCUT2D eigenvalue weighted by molar-refractivity contribution is -0.141. The van der Waals surface area contributed by atoms with Gasteiger partial charge in [-0.05, 0) is 25.3 Å². The summed E-state index contributed by atoms with van der Waals surface area (Å²) < 4.78 is 5.05. The molecule has 0 aliphatic carbocycles. The fraction of sp³-hybridized carbons (Fsp3) is 0.867. The van der Waals surface area contributed by atoms with Crippen LogP contribution in [0.25, 0.3) is 0 Å². The van der Waals surface area contributed by atoms with Crippen molar-refractivity contribution in [2.24, 2.45) is 5.92 Å². The van der Waals surface area contributed by atoms with Crippen molar-refractivity contribution in [2.45, 2.75) is 32.2 Å². The number of hydrogen-bond acceptors (Lipinski definition) is 4. The number of amides is 2. The molecule has 0 bridgehead atoms. The van der Waals surface area contributed by atoms with Crippen molar-refractivity contribution >= 4 is 11.8 Å². The first-order chi connectivity index (χ1) is 9.99. The lowest BCUT2D eigenvalue weighted by Crippen LogP contribution is -2.53. The van der Waals surface area contributed by atoms with Crippen LogP contribution in [0.1, 0.15) is 26.2 Å². The molecule has 1 heterocycles. The zero-order valence-electron chi connectivity index (χ0n) is 13.7. The normalized spacial score (nSPS) is 21.9. The minimum atomic E-state index is -0.171. The fourth-order valence-corrected chi connectivity index (χ4v) is 2.55. The van der Waals surface area contributed by atoms with Crippen LogP contribution in [-0.2, 0) is 14.3 Å². The number of nitrogens with zero attached hydrogens (tertiary/aromatic N) is 2. The van der Waals surface area contributed by atoms with E-state index in [9.17, 15) is 9.59 Å². The standard InChI is InChI=1S/C15H29N3O3/c1-5-12-6-7-16-13(10-12)15(20)18(8-9-21-4)11-14(19)17(2)3/h12-13,16H,5-11H2,1-4H3. The lowest BCUT2D eigenvalue weighted by atomic mass is 9.90. The van der Waals surface area contributed by atoms with Crippen LogP contribution in [0.2, 0.25) is 0 Å². The van der Waals surface area contributed by atoms with Crippen LogP contribution in [0.15, 0.2) is 0 Å². The molecule has 2 unspecified atom stereocenters. The van der Waals surface area contributed by atoms with E-state index in [0.717, 1.165) is 25.8 Å². The van der Waals surface area contributed by atoms with Gasteiger partial charge in [0.25, 0.3) is 0 Å². The molecule has 0 saturated carbocycles. The van der Waals surface area contributed by atoms with E-state index in [4.69, 9.17) is 4.74 Å². The number of methoxy groups -OCH3 is 1. The first-order valence-corrected chi connectivity index (χ1v) is 7.70. The highest BCUT2D eigenvalue weighted by molar-refractivity contribution is 5.87. The molecule has 0 aromatic carbocycles. The summed E-state index contributed by atoms with van der Waals surface area (Å²) in [5, 5.41) is 3.29. The van der Waals surface area contributed by atoms with E-state index < -0.39 is 0 Å². The van der Waals surface area contributed by atoms with Gasteiger partial charge in [0.2, 0.25) is 11.8 Å². The van der Waals surface area contributed by atoms with Crippen LogP contribution in [0.5, 0.6) is 0 Å². The second-order valence-electron chi connectivity index (χ2n) is 5.85. The van der Waals surface area contributed by atoms with Gasteiger partial charge in [-0.15, -0.1) is 0 Å². The van der Waals surface area contributed by atoms with Crippen LogP contribution in [0, 0.1) is 5.92 Å². The molecule has 1 fully saturated rings. The highest BCUT2D eigenvalue weighted by Crippen LogP contribution is 2.20. The van der Waals surface area contributed by atoms with E-state index in [2.05, 4.69) is 12.2 Å². The van der Waals surface area contributed by atoms with Gasteiger partial charge in [-0.1, -0.05) is 13.3 Å². The van der Waals surface area contributed by atoms with Gasteiger partial charge in [-0.2, -0.15) is 0 Å². The number of carbonyl (C=O) groups is 2. The van der Waals surface area contributed by atoms with Crippen molar-refractivity contribution in [1.29, 1.82) is 0 Å². The molecule has 1 N–H and O–H groups in total. The number of rotatable bonds is 7. The second-order valence-corrected chi connectivity index (χ2v) is 5.85. The summed E-state index contributed by atoms with van der Waals surface area (Å²) >= 11 is 0. The molecule has 1 rings (SSSR count). The molecule has 2 amide bonds. The molecule has 6 nitrogen and oxygen atoms in total. The van der Waals surface area contributed by atoms with Gasteiger partial charge in [0.1, 0.15) is 0 Å². The van der Waals surface area contributed by atoms with Gasteiger partial charge in [0.15, 0.2) is 0 Å². The molecular formula is C15H29N3O3. The Kier molecular flexibility index (Phi) is 7.67. The molecule has 1 saturated heterocycles. The Morgan fingerprint density at radius 1 is 1.33 bits per heavy atom. The Morgan fingerprint density at radius 3 is 2.62 bits per heavy atom. The van der Waals surface area contributed by atoms with Gasteiger partial charge in [-0.25, -0.2) is 0 Å². The van der Waals surface area contributed by atoms with Crippen molar-refractivity contribution in [2.75, 3.05) is 47.4 Å². The molecule has 21 heavy (non-hydrogen) atoms. The quantitative estimate of drug-likeness (QED) is 0.736. The van der Waals surface area contributed by atoms with Gasteiger partial charge >= 0.3 is 0 Å². The Bertz CT molecular complexity index is 347. The first-order valence-electron chi connectivity index (χ1n) is 7.70. The highest BCUT2D eigenvalue weighted by atomic mass is 16.5.